The lowest BCUT2D eigenvalue weighted by molar-refractivity contribution is -0.344. The van der Waals surface area contributed by atoms with Crippen LogP contribution in [0.3, 0.4) is 0 Å². The van der Waals surface area contributed by atoms with Gasteiger partial charge in [-0.2, -0.15) is 0 Å². The maximum Gasteiger partial charge on any atom is 0.309 e. The first-order valence-corrected chi connectivity index (χ1v) is 21.9. The predicted molar refractivity (Wildman–Crippen MR) is 224 cm³/mol. The van der Waals surface area contributed by atoms with Crippen molar-refractivity contribution < 1.29 is 81.2 Å². The molecule has 358 valence electrons. The summed E-state index contributed by atoms with van der Waals surface area (Å²) in [5.41, 5.74) is -1.33. The van der Waals surface area contributed by atoms with Crippen LogP contribution >= 0.6 is 0 Å². The summed E-state index contributed by atoms with van der Waals surface area (Å²) in [5, 5.41) is 12.2. The molecule has 3 aliphatic heterocycles. The van der Waals surface area contributed by atoms with Gasteiger partial charge in [0, 0.05) is 53.1 Å². The molecule has 1 N–H and O–H groups in total. The standard InChI is InChI=1S/C45H71NO17/c1-13-34(50)59-33-23-36(52)55-26(4)18-16-15-17-19-32(58-29(7)48)25(3)22-31(20-21-47)41(42(33)54-12)62-44-39(53)38(46(10)11)40(27(5)57-44)61-37-24-45(9,63-30(8)49)43(28(6)56-37)60-35(51)14-2/h15-17,19,21,25-28,31-33,37-44,53H,13-14,18,20,22-24H2,1-12H3/t25?,26?,27?,28?,31?,32?,33?,37?,38?,39?,40?,41?,42?,43?,44?,45-/m1/s1. The average Bonchev–Trinajstić information content (AvgIpc) is 3.18. The number of cyclic esters (lactones) is 1. The molecule has 0 aliphatic carbocycles. The van der Waals surface area contributed by atoms with Crippen LogP contribution in [0.2, 0.25) is 0 Å². The van der Waals surface area contributed by atoms with E-state index in [4.69, 9.17) is 47.4 Å². The minimum atomic E-state index is -1.45. The summed E-state index contributed by atoms with van der Waals surface area (Å²) in [6, 6.07) is -0.833. The number of likely N-dealkylation sites (N-methyl/N-ethyl adjacent to an activating group) is 1. The van der Waals surface area contributed by atoms with Crippen molar-refractivity contribution in [3.63, 3.8) is 0 Å². The van der Waals surface area contributed by atoms with E-state index in [1.54, 1.807) is 84.8 Å². The molecule has 2 fully saturated rings. The number of carbonyl (C=O) groups excluding carboxylic acids is 6. The van der Waals surface area contributed by atoms with Gasteiger partial charge < -0.3 is 62.2 Å². The number of rotatable bonds is 14. The van der Waals surface area contributed by atoms with Gasteiger partial charge in [-0.25, -0.2) is 0 Å². The van der Waals surface area contributed by atoms with E-state index >= 15 is 0 Å². The van der Waals surface area contributed by atoms with Gasteiger partial charge in [0.25, 0.3) is 0 Å². The predicted octanol–water partition coefficient (Wildman–Crippen LogP) is 3.91. The zero-order chi connectivity index (χ0) is 47.2. The Morgan fingerprint density at radius 1 is 0.905 bits per heavy atom. The first kappa shape index (κ1) is 53.6. The minimum absolute atomic E-state index is 0.0260. The molecule has 0 aromatic heterocycles. The Bertz CT molecular complexity index is 1590. The zero-order valence-electron chi connectivity index (χ0n) is 38.9. The van der Waals surface area contributed by atoms with Crippen molar-refractivity contribution in [2.24, 2.45) is 11.8 Å². The molecule has 0 radical (unpaired) electrons. The number of aliphatic hydroxyl groups is 1. The lowest BCUT2D eigenvalue weighted by Crippen LogP contribution is -2.66. The molecule has 15 unspecified atom stereocenters. The zero-order valence-corrected chi connectivity index (χ0v) is 38.9. The second-order valence-electron chi connectivity index (χ2n) is 17.1. The van der Waals surface area contributed by atoms with Gasteiger partial charge in [0.2, 0.25) is 0 Å². The fraction of sp³-hybridized carbons (Fsp3) is 0.778. The van der Waals surface area contributed by atoms with E-state index in [-0.39, 0.29) is 32.1 Å². The molecule has 3 aliphatic rings. The summed E-state index contributed by atoms with van der Waals surface area (Å²) in [6.45, 7) is 14.4. The normalized spacial score (nSPS) is 37.0. The van der Waals surface area contributed by atoms with Crippen molar-refractivity contribution >= 4 is 36.1 Å². The largest absolute Gasteiger partial charge is 0.462 e. The number of carbonyl (C=O) groups is 6. The molecule has 0 aromatic carbocycles. The summed E-state index contributed by atoms with van der Waals surface area (Å²) < 4.78 is 60.7. The van der Waals surface area contributed by atoms with Crippen LogP contribution in [0.5, 0.6) is 0 Å². The Balaban J connectivity index is 2.09. The van der Waals surface area contributed by atoms with Gasteiger partial charge in [-0.05, 0) is 66.1 Å². The lowest BCUT2D eigenvalue weighted by Gasteiger charge is -2.50. The number of ether oxygens (including phenoxy) is 10. The van der Waals surface area contributed by atoms with Gasteiger partial charge in [-0.1, -0.05) is 39.0 Å². The van der Waals surface area contributed by atoms with Gasteiger partial charge in [0.05, 0.1) is 30.8 Å². The molecule has 0 saturated carbocycles. The number of esters is 5. The van der Waals surface area contributed by atoms with E-state index in [9.17, 15) is 33.9 Å². The molecule has 0 aromatic rings. The highest BCUT2D eigenvalue weighted by Crippen LogP contribution is 2.39. The number of aldehydes is 1. The molecular formula is C45H71NO17. The molecule has 0 amide bonds. The van der Waals surface area contributed by atoms with Gasteiger partial charge in [0.1, 0.15) is 42.9 Å². The maximum atomic E-state index is 13.4. The van der Waals surface area contributed by atoms with Crippen molar-refractivity contribution in [3.8, 4) is 0 Å². The highest BCUT2D eigenvalue weighted by molar-refractivity contribution is 5.73. The topological polar surface area (TPSA) is 218 Å². The van der Waals surface area contributed by atoms with Crippen molar-refractivity contribution in [1.82, 2.24) is 4.90 Å². The highest BCUT2D eigenvalue weighted by Gasteiger charge is 2.54. The Morgan fingerprint density at radius 2 is 1.57 bits per heavy atom. The summed E-state index contributed by atoms with van der Waals surface area (Å²) in [7, 11) is 4.82. The summed E-state index contributed by atoms with van der Waals surface area (Å²) >= 11 is 0. The number of methoxy groups -OCH3 is 1. The van der Waals surface area contributed by atoms with Crippen LogP contribution in [0, 0.1) is 11.8 Å². The van der Waals surface area contributed by atoms with Crippen LogP contribution in [0.1, 0.15) is 107 Å². The Hall–Kier alpha value is -3.78. The van der Waals surface area contributed by atoms with E-state index in [0.717, 1.165) is 0 Å². The molecule has 18 heteroatoms. The first-order valence-electron chi connectivity index (χ1n) is 21.9. The third kappa shape index (κ3) is 15.4. The maximum absolute atomic E-state index is 13.4. The highest BCUT2D eigenvalue weighted by atomic mass is 16.7. The number of allylic oxidation sites excluding steroid dienone is 2. The monoisotopic (exact) mass is 897 g/mol. The Labute approximate surface area is 371 Å². The smallest absolute Gasteiger partial charge is 0.309 e. The van der Waals surface area contributed by atoms with Gasteiger partial charge in [0.15, 0.2) is 24.3 Å². The van der Waals surface area contributed by atoms with E-state index < -0.39 is 133 Å². The van der Waals surface area contributed by atoms with Gasteiger partial charge in [-0.3, -0.25) is 24.0 Å². The van der Waals surface area contributed by atoms with E-state index in [2.05, 4.69) is 0 Å². The van der Waals surface area contributed by atoms with Crippen LogP contribution in [-0.2, 0) is 76.1 Å². The minimum Gasteiger partial charge on any atom is -0.462 e. The van der Waals surface area contributed by atoms with Crippen molar-refractivity contribution in [3.05, 3.63) is 24.3 Å². The summed E-state index contributed by atoms with van der Waals surface area (Å²) in [5.74, 6) is -4.06. The fourth-order valence-electron chi connectivity index (χ4n) is 8.57. The van der Waals surface area contributed by atoms with Gasteiger partial charge >= 0.3 is 29.8 Å². The Morgan fingerprint density at radius 3 is 2.16 bits per heavy atom. The molecule has 2 saturated heterocycles. The van der Waals surface area contributed by atoms with Crippen LogP contribution in [-0.4, -0.2) is 153 Å². The molecule has 0 bridgehead atoms. The van der Waals surface area contributed by atoms with E-state index in [0.29, 0.717) is 12.7 Å². The molecule has 0 spiro atoms. The summed E-state index contributed by atoms with van der Waals surface area (Å²) in [6.07, 6.45) is -4.48. The number of hydrogen-bond acceptors (Lipinski definition) is 18. The van der Waals surface area contributed by atoms with Crippen LogP contribution < -0.4 is 0 Å². The average molecular weight is 898 g/mol. The third-order valence-electron chi connectivity index (χ3n) is 11.5. The second kappa shape index (κ2) is 25.1. The third-order valence-corrected chi connectivity index (χ3v) is 11.5. The summed E-state index contributed by atoms with van der Waals surface area (Å²) in [4.78, 5) is 77.6. The van der Waals surface area contributed by atoms with Crippen molar-refractivity contribution in [2.45, 2.75) is 193 Å². The quantitative estimate of drug-likeness (QED) is 0.148. The Kier molecular flexibility index (Phi) is 21.3. The van der Waals surface area contributed by atoms with E-state index in [1.165, 1.54) is 21.0 Å². The molecule has 63 heavy (non-hydrogen) atoms. The van der Waals surface area contributed by atoms with Gasteiger partial charge in [-0.15, -0.1) is 0 Å². The molecule has 3 heterocycles. The SMILES string of the molecule is CCC(=O)OC1CC(=O)OC(C)CC=CC=CC(OC(C)=O)C(C)CC(CC=O)C(OC2OC(C)C(OC3C[C@@](C)(OC(C)=O)C(OC(=O)CC)C(C)O3)C(N(C)C)C2O)C1OC. The lowest BCUT2D eigenvalue weighted by atomic mass is 9.82. The number of hydrogen-bond donors (Lipinski definition) is 1. The van der Waals surface area contributed by atoms with Crippen LogP contribution in [0.15, 0.2) is 24.3 Å². The number of aliphatic hydroxyl groups excluding tert-OH is 1. The molecule has 16 atom stereocenters. The fourth-order valence-corrected chi connectivity index (χ4v) is 8.57. The van der Waals surface area contributed by atoms with Crippen molar-refractivity contribution in [2.75, 3.05) is 21.2 Å². The van der Waals surface area contributed by atoms with Crippen LogP contribution in [0.25, 0.3) is 0 Å². The molecule has 18 nitrogen and oxygen atoms in total. The molecular weight excluding hydrogens is 826 g/mol. The van der Waals surface area contributed by atoms with Crippen LogP contribution in [0.4, 0.5) is 0 Å². The van der Waals surface area contributed by atoms with Crippen molar-refractivity contribution in [1.29, 1.82) is 0 Å². The second-order valence-corrected chi connectivity index (χ2v) is 17.1. The molecule has 3 rings (SSSR count). The number of nitrogens with zero attached hydrogens (tertiary/aromatic N) is 1. The van der Waals surface area contributed by atoms with E-state index in [1.807, 2.05) is 6.92 Å². The first-order chi connectivity index (χ1) is 29.7.